The van der Waals surface area contributed by atoms with Gasteiger partial charge in [-0.1, -0.05) is 0 Å². The molecule has 0 aromatic heterocycles. The molecule has 0 saturated heterocycles. The van der Waals surface area contributed by atoms with Gasteiger partial charge in [-0.3, -0.25) is 0 Å². The Morgan fingerprint density at radius 2 is 2.62 bits per heavy atom. The maximum atomic E-state index is 10.9. The quantitative estimate of drug-likeness (QED) is 0.409. The first-order chi connectivity index (χ1) is 6.15. The summed E-state index contributed by atoms with van der Waals surface area (Å²) in [6.07, 6.45) is 1.97. The van der Waals surface area contributed by atoms with Crippen LogP contribution in [0.3, 0.4) is 0 Å². The number of hydrogen-bond acceptors (Lipinski definition) is 5. The molecule has 6 nitrogen and oxygen atoms in total. The molecule has 1 unspecified atom stereocenters. The number of rotatable bonds is 3. The van der Waals surface area contributed by atoms with Crippen LogP contribution < -0.4 is 0 Å². The third-order valence-corrected chi connectivity index (χ3v) is 9.81. The third kappa shape index (κ3) is 2.68. The molecule has 70 valence electrons. The van der Waals surface area contributed by atoms with E-state index in [1.807, 2.05) is 0 Å². The SMILES string of the molecule is COC(=O)[CH2][In]1[N]=CC[CH]1[N+](=O)[O-]. The van der Waals surface area contributed by atoms with Crippen LogP contribution in [0.4, 0.5) is 0 Å². The van der Waals surface area contributed by atoms with Gasteiger partial charge in [0.25, 0.3) is 0 Å². The summed E-state index contributed by atoms with van der Waals surface area (Å²) in [5.74, 6) is -0.369. The summed E-state index contributed by atoms with van der Waals surface area (Å²) in [4.78, 5) is 21.1. The first kappa shape index (κ1) is 10.5. The van der Waals surface area contributed by atoms with Gasteiger partial charge in [-0.05, 0) is 0 Å². The van der Waals surface area contributed by atoms with E-state index in [-0.39, 0.29) is 15.1 Å². The Morgan fingerprint density at radius 1 is 1.92 bits per heavy atom. The van der Waals surface area contributed by atoms with Gasteiger partial charge in [0.1, 0.15) is 0 Å². The number of carbonyl (C=O) groups is 1. The molecule has 0 N–H and O–H groups in total. The van der Waals surface area contributed by atoms with Crippen LogP contribution in [0.25, 0.3) is 0 Å². The zero-order valence-corrected chi connectivity index (χ0v) is 10.5. The zero-order valence-electron chi connectivity index (χ0n) is 7.17. The van der Waals surface area contributed by atoms with Gasteiger partial charge < -0.3 is 0 Å². The molecule has 0 spiro atoms. The molecule has 13 heavy (non-hydrogen) atoms. The predicted molar refractivity (Wildman–Crippen MR) is 46.5 cm³/mol. The van der Waals surface area contributed by atoms with Crippen molar-refractivity contribution in [2.45, 2.75) is 14.4 Å². The Morgan fingerprint density at radius 3 is 3.15 bits per heavy atom. The number of carbonyl (C=O) groups excluding carboxylic acids is 1. The van der Waals surface area contributed by atoms with Crippen LogP contribution >= 0.6 is 0 Å². The fourth-order valence-corrected chi connectivity index (χ4v) is 7.49. The maximum absolute atomic E-state index is 10.9. The number of methoxy groups -OCH3 is 1. The van der Waals surface area contributed by atoms with Crippen LogP contribution in [0.2, 0.25) is 4.18 Å². The van der Waals surface area contributed by atoms with E-state index in [2.05, 4.69) is 7.72 Å². The average Bonchev–Trinajstić information content (AvgIpc) is 2.52. The van der Waals surface area contributed by atoms with E-state index < -0.39 is 25.5 Å². The van der Waals surface area contributed by atoms with Gasteiger partial charge in [-0.15, -0.1) is 0 Å². The van der Waals surface area contributed by atoms with E-state index in [0.29, 0.717) is 6.42 Å². The Balaban J connectivity index is 2.53. The fraction of sp³-hybridized carbons (Fsp3) is 0.667. The Labute approximate surface area is 83.1 Å². The minimum atomic E-state index is -2.64. The second-order valence-electron chi connectivity index (χ2n) is 2.77. The molecular formula is C6H9InN2O4. The average molecular weight is 288 g/mol. The van der Waals surface area contributed by atoms with Gasteiger partial charge in [-0.25, -0.2) is 0 Å². The summed E-state index contributed by atoms with van der Waals surface area (Å²) >= 11 is -2.64. The van der Waals surface area contributed by atoms with E-state index in [9.17, 15) is 14.9 Å². The number of nitro groups is 1. The zero-order chi connectivity index (χ0) is 9.84. The van der Waals surface area contributed by atoms with E-state index in [4.69, 9.17) is 0 Å². The normalized spacial score (nSPS) is 20.4. The van der Waals surface area contributed by atoms with Crippen LogP contribution in [0.15, 0.2) is 2.98 Å². The molecule has 1 rings (SSSR count). The van der Waals surface area contributed by atoms with Crippen molar-refractivity contribution in [3.05, 3.63) is 10.1 Å². The van der Waals surface area contributed by atoms with Crippen LogP contribution in [-0.2, 0) is 9.53 Å². The van der Waals surface area contributed by atoms with Gasteiger partial charge in [0.2, 0.25) is 0 Å². The van der Waals surface area contributed by atoms with Gasteiger partial charge >= 0.3 is 83.0 Å². The molecule has 0 aromatic rings. The Kier molecular flexibility index (Phi) is 3.71. The molecule has 1 aliphatic rings. The van der Waals surface area contributed by atoms with Crippen LogP contribution in [0.5, 0.6) is 0 Å². The molecule has 0 bridgehead atoms. The van der Waals surface area contributed by atoms with E-state index in [1.165, 1.54) is 7.11 Å². The van der Waals surface area contributed by atoms with Crippen LogP contribution in [0.1, 0.15) is 6.42 Å². The van der Waals surface area contributed by atoms with Crippen molar-refractivity contribution in [1.29, 1.82) is 0 Å². The number of ether oxygens (including phenoxy) is 1. The summed E-state index contributed by atoms with van der Waals surface area (Å²) in [6, 6.07) is 0. The number of hydrogen-bond donors (Lipinski definition) is 0. The summed E-state index contributed by atoms with van der Waals surface area (Å²) in [7, 11) is 1.29. The standard InChI is InChI=1S/C3H4N2O2.C3H5O2.In/c4-2-1-3-5(6)7;1-3(4)5-2;/h2-3H,1H2;1H2,2H3;/q-1;;+1. The van der Waals surface area contributed by atoms with Gasteiger partial charge in [0.05, 0.1) is 0 Å². The monoisotopic (exact) mass is 288 g/mol. The second-order valence-corrected chi connectivity index (χ2v) is 10.2. The first-order valence-corrected chi connectivity index (χ1v) is 9.57. The van der Waals surface area contributed by atoms with Crippen LogP contribution in [-0.4, -0.2) is 49.7 Å². The van der Waals surface area contributed by atoms with Crippen molar-refractivity contribution >= 4 is 33.9 Å². The van der Waals surface area contributed by atoms with Crippen molar-refractivity contribution in [3.63, 3.8) is 0 Å². The van der Waals surface area contributed by atoms with Crippen molar-refractivity contribution in [1.82, 2.24) is 0 Å². The van der Waals surface area contributed by atoms with Gasteiger partial charge in [0.15, 0.2) is 0 Å². The minimum absolute atomic E-state index is 0.195. The van der Waals surface area contributed by atoms with Crippen molar-refractivity contribution in [2.24, 2.45) is 2.98 Å². The predicted octanol–water partition coefficient (Wildman–Crippen LogP) is -0.190. The van der Waals surface area contributed by atoms with Crippen molar-refractivity contribution in [3.8, 4) is 0 Å². The number of esters is 1. The molecule has 0 saturated carbocycles. The van der Waals surface area contributed by atoms with Gasteiger partial charge in [0, 0.05) is 0 Å². The van der Waals surface area contributed by atoms with E-state index in [0.717, 1.165) is 0 Å². The Hall–Kier alpha value is -0.590. The number of nitrogens with zero attached hydrogens (tertiary/aromatic N) is 2. The van der Waals surface area contributed by atoms with Crippen molar-refractivity contribution < 1.29 is 14.5 Å². The molecule has 0 fully saturated rings. The fourth-order valence-electron chi connectivity index (χ4n) is 1.23. The summed E-state index contributed by atoms with van der Waals surface area (Å²) in [5, 5.41) is 10.5. The molecular weight excluding hydrogens is 279 g/mol. The summed E-state index contributed by atoms with van der Waals surface area (Å²) in [6.45, 7) is 0. The summed E-state index contributed by atoms with van der Waals surface area (Å²) in [5.41, 5.74) is 0. The Bertz CT molecular complexity index is 255. The molecule has 0 radical (unpaired) electrons. The first-order valence-electron chi connectivity index (χ1n) is 3.87. The molecule has 0 aromatic carbocycles. The topological polar surface area (TPSA) is 81.8 Å². The molecule has 0 amide bonds. The molecule has 1 heterocycles. The second kappa shape index (κ2) is 4.59. The van der Waals surface area contributed by atoms with Gasteiger partial charge in [-0.2, -0.15) is 0 Å². The molecule has 1 atom stereocenters. The summed E-state index contributed by atoms with van der Waals surface area (Å²) < 4.78 is 8.17. The van der Waals surface area contributed by atoms with E-state index in [1.54, 1.807) is 6.21 Å². The molecule has 1 aliphatic heterocycles. The molecule has 0 aliphatic carbocycles. The van der Waals surface area contributed by atoms with Crippen LogP contribution in [0, 0.1) is 10.1 Å². The van der Waals surface area contributed by atoms with E-state index >= 15 is 0 Å². The molecule has 7 heteroatoms. The third-order valence-electron chi connectivity index (χ3n) is 1.96. The van der Waals surface area contributed by atoms with Crippen molar-refractivity contribution in [2.75, 3.05) is 7.11 Å².